The van der Waals surface area contributed by atoms with Gasteiger partial charge in [-0.1, -0.05) is 30.3 Å². The minimum atomic E-state index is -0.745. The van der Waals surface area contributed by atoms with Gasteiger partial charge in [0.2, 0.25) is 0 Å². The Kier molecular flexibility index (Phi) is 5.15. The minimum Gasteiger partial charge on any atom is -0.464 e. The van der Waals surface area contributed by atoms with Gasteiger partial charge in [-0.05, 0) is 24.6 Å². The van der Waals surface area contributed by atoms with Crippen LogP contribution in [0.4, 0.5) is 0 Å². The Bertz CT molecular complexity index is 578. The first-order chi connectivity index (χ1) is 10.2. The van der Waals surface area contributed by atoms with Gasteiger partial charge < -0.3 is 14.5 Å². The van der Waals surface area contributed by atoms with Crippen molar-refractivity contribution in [3.8, 4) is 0 Å². The third-order valence-electron chi connectivity index (χ3n) is 2.90. The largest absolute Gasteiger partial charge is 0.464 e. The molecule has 1 heterocycles. The summed E-state index contributed by atoms with van der Waals surface area (Å²) in [5, 5.41) is 2.65. The van der Waals surface area contributed by atoms with Crippen molar-refractivity contribution < 1.29 is 18.7 Å². The zero-order valence-electron chi connectivity index (χ0n) is 11.7. The molecule has 0 aliphatic heterocycles. The van der Waals surface area contributed by atoms with Crippen molar-refractivity contribution >= 4 is 11.9 Å². The number of esters is 1. The summed E-state index contributed by atoms with van der Waals surface area (Å²) in [6.45, 7) is 1.99. The van der Waals surface area contributed by atoms with Crippen LogP contribution in [0.25, 0.3) is 0 Å². The van der Waals surface area contributed by atoms with Crippen LogP contribution in [0.1, 0.15) is 23.0 Å². The van der Waals surface area contributed by atoms with Gasteiger partial charge in [-0.2, -0.15) is 0 Å². The molecular formula is C16H17NO4. The molecule has 110 valence electrons. The lowest BCUT2D eigenvalue weighted by Gasteiger charge is -2.16. The molecule has 0 spiro atoms. The maximum atomic E-state index is 12.0. The molecule has 0 saturated heterocycles. The van der Waals surface area contributed by atoms with E-state index in [1.807, 2.05) is 30.3 Å². The van der Waals surface area contributed by atoms with Gasteiger partial charge in [-0.3, -0.25) is 4.79 Å². The summed E-state index contributed by atoms with van der Waals surface area (Å²) in [6.07, 6.45) is 1.78. The molecule has 5 heteroatoms. The fourth-order valence-corrected chi connectivity index (χ4v) is 1.92. The fraction of sp³-hybridized carbons (Fsp3) is 0.250. The Morgan fingerprint density at radius 2 is 1.95 bits per heavy atom. The Balaban J connectivity index is 2.08. The maximum absolute atomic E-state index is 12.0. The second-order valence-electron chi connectivity index (χ2n) is 4.45. The summed E-state index contributed by atoms with van der Waals surface area (Å²) in [5.41, 5.74) is 0.940. The summed E-state index contributed by atoms with van der Waals surface area (Å²) >= 11 is 0. The molecule has 1 atom stereocenters. The molecule has 0 fully saturated rings. The average molecular weight is 287 g/mol. The van der Waals surface area contributed by atoms with E-state index in [4.69, 9.17) is 9.15 Å². The van der Waals surface area contributed by atoms with E-state index in [1.54, 1.807) is 19.1 Å². The average Bonchev–Trinajstić information content (AvgIpc) is 3.02. The monoisotopic (exact) mass is 287 g/mol. The smallest absolute Gasteiger partial charge is 0.328 e. The summed E-state index contributed by atoms with van der Waals surface area (Å²) in [5.74, 6) is -0.729. The van der Waals surface area contributed by atoms with E-state index in [0.29, 0.717) is 6.42 Å². The highest BCUT2D eigenvalue weighted by Gasteiger charge is 2.23. The molecule has 1 unspecified atom stereocenters. The quantitative estimate of drug-likeness (QED) is 0.827. The molecule has 0 radical (unpaired) electrons. The number of amides is 1. The second kappa shape index (κ2) is 7.28. The molecule has 2 aromatic rings. The highest BCUT2D eigenvalue weighted by Crippen LogP contribution is 2.07. The van der Waals surface area contributed by atoms with Gasteiger partial charge in [-0.25, -0.2) is 4.79 Å². The van der Waals surface area contributed by atoms with Crippen molar-refractivity contribution in [2.45, 2.75) is 19.4 Å². The van der Waals surface area contributed by atoms with Crippen LogP contribution in [0.15, 0.2) is 53.1 Å². The Labute approximate surface area is 122 Å². The topological polar surface area (TPSA) is 68.5 Å². The Morgan fingerprint density at radius 3 is 2.57 bits per heavy atom. The zero-order valence-corrected chi connectivity index (χ0v) is 11.7. The van der Waals surface area contributed by atoms with Crippen molar-refractivity contribution in [2.24, 2.45) is 0 Å². The van der Waals surface area contributed by atoms with Crippen LogP contribution < -0.4 is 5.32 Å². The van der Waals surface area contributed by atoms with Crippen LogP contribution in [-0.4, -0.2) is 24.5 Å². The van der Waals surface area contributed by atoms with Gasteiger partial charge in [0.25, 0.3) is 5.91 Å². The molecule has 0 bridgehead atoms. The maximum Gasteiger partial charge on any atom is 0.328 e. The van der Waals surface area contributed by atoms with E-state index < -0.39 is 17.9 Å². The Hall–Kier alpha value is -2.56. The van der Waals surface area contributed by atoms with Crippen LogP contribution in [0.2, 0.25) is 0 Å². The number of carbonyl (C=O) groups is 2. The van der Waals surface area contributed by atoms with E-state index in [0.717, 1.165) is 5.56 Å². The lowest BCUT2D eigenvalue weighted by atomic mass is 10.1. The summed E-state index contributed by atoms with van der Waals surface area (Å²) in [6, 6.07) is 11.9. The molecule has 21 heavy (non-hydrogen) atoms. The second-order valence-corrected chi connectivity index (χ2v) is 4.45. The van der Waals surface area contributed by atoms with Gasteiger partial charge >= 0.3 is 5.97 Å². The van der Waals surface area contributed by atoms with Crippen LogP contribution in [0.3, 0.4) is 0 Å². The summed E-state index contributed by atoms with van der Waals surface area (Å²) < 4.78 is 10.0. The highest BCUT2D eigenvalue weighted by atomic mass is 16.5. The number of benzene rings is 1. The van der Waals surface area contributed by atoms with Crippen molar-refractivity contribution in [1.29, 1.82) is 0 Å². The van der Waals surface area contributed by atoms with Crippen molar-refractivity contribution in [2.75, 3.05) is 6.61 Å². The molecule has 1 N–H and O–H groups in total. The molecule has 0 aliphatic carbocycles. The summed E-state index contributed by atoms with van der Waals surface area (Å²) in [4.78, 5) is 24.0. The first-order valence-electron chi connectivity index (χ1n) is 6.75. The van der Waals surface area contributed by atoms with Crippen molar-refractivity contribution in [1.82, 2.24) is 5.32 Å². The number of ether oxygens (including phenoxy) is 1. The number of furan rings is 1. The van der Waals surface area contributed by atoms with Gasteiger partial charge in [0, 0.05) is 6.42 Å². The lowest BCUT2D eigenvalue weighted by molar-refractivity contribution is -0.145. The third kappa shape index (κ3) is 4.21. The molecule has 0 saturated carbocycles. The van der Waals surface area contributed by atoms with Gasteiger partial charge in [0.05, 0.1) is 12.9 Å². The van der Waals surface area contributed by atoms with Gasteiger partial charge in [-0.15, -0.1) is 0 Å². The van der Waals surface area contributed by atoms with Crippen LogP contribution >= 0.6 is 0 Å². The Morgan fingerprint density at radius 1 is 1.19 bits per heavy atom. The number of nitrogens with one attached hydrogen (secondary N) is 1. The third-order valence-corrected chi connectivity index (χ3v) is 2.90. The van der Waals surface area contributed by atoms with Crippen LogP contribution in [0.5, 0.6) is 0 Å². The number of hydrogen-bond donors (Lipinski definition) is 1. The van der Waals surface area contributed by atoms with E-state index in [2.05, 4.69) is 5.32 Å². The van der Waals surface area contributed by atoms with E-state index in [9.17, 15) is 9.59 Å². The van der Waals surface area contributed by atoms with Gasteiger partial charge in [0.15, 0.2) is 5.76 Å². The fourth-order valence-electron chi connectivity index (χ4n) is 1.92. The highest BCUT2D eigenvalue weighted by molar-refractivity contribution is 5.94. The van der Waals surface area contributed by atoms with Crippen molar-refractivity contribution in [3.63, 3.8) is 0 Å². The molecule has 0 aliphatic rings. The summed E-state index contributed by atoms with van der Waals surface area (Å²) in [7, 11) is 0. The van der Waals surface area contributed by atoms with E-state index in [1.165, 1.54) is 6.26 Å². The van der Waals surface area contributed by atoms with Crippen LogP contribution in [-0.2, 0) is 16.0 Å². The molecule has 5 nitrogen and oxygen atoms in total. The first-order valence-corrected chi connectivity index (χ1v) is 6.75. The minimum absolute atomic E-state index is 0.164. The molecule has 1 aromatic carbocycles. The predicted octanol–water partition coefficient (Wildman–Crippen LogP) is 2.18. The molecule has 1 amide bonds. The SMILES string of the molecule is CCOC(=O)C(Cc1ccccc1)NC(=O)c1ccco1. The van der Waals surface area contributed by atoms with E-state index >= 15 is 0 Å². The normalized spacial score (nSPS) is 11.7. The number of hydrogen-bond acceptors (Lipinski definition) is 4. The van der Waals surface area contributed by atoms with E-state index in [-0.39, 0.29) is 12.4 Å². The number of rotatable bonds is 6. The van der Waals surface area contributed by atoms with Crippen LogP contribution in [0, 0.1) is 0 Å². The van der Waals surface area contributed by atoms with Gasteiger partial charge in [0.1, 0.15) is 6.04 Å². The standard InChI is InChI=1S/C16H17NO4/c1-2-20-16(19)13(11-12-7-4-3-5-8-12)17-15(18)14-9-6-10-21-14/h3-10,13H,2,11H2,1H3,(H,17,18). The van der Waals surface area contributed by atoms with Crippen molar-refractivity contribution in [3.05, 3.63) is 60.1 Å². The lowest BCUT2D eigenvalue weighted by Crippen LogP contribution is -2.43. The first kappa shape index (κ1) is 14.8. The molecular weight excluding hydrogens is 270 g/mol. The number of carbonyl (C=O) groups excluding carboxylic acids is 2. The zero-order chi connectivity index (χ0) is 15.1. The molecule has 1 aromatic heterocycles. The predicted molar refractivity (Wildman–Crippen MR) is 76.7 cm³/mol. The molecule has 2 rings (SSSR count).